The fraction of sp³-hybridized carbons (Fsp3) is 0.588. The van der Waals surface area contributed by atoms with Gasteiger partial charge in [0.25, 0.3) is 5.91 Å². The van der Waals surface area contributed by atoms with E-state index < -0.39 is 12.1 Å². The van der Waals surface area contributed by atoms with E-state index in [0.29, 0.717) is 35.7 Å². The lowest BCUT2D eigenvalue weighted by Crippen LogP contribution is -2.41. The quantitative estimate of drug-likeness (QED) is 0.177. The van der Waals surface area contributed by atoms with Gasteiger partial charge in [0.15, 0.2) is 6.10 Å². The molecular weight excluding hydrogens is 622 g/mol. The number of terminal acetylenes is 2. The summed E-state index contributed by atoms with van der Waals surface area (Å²) in [6.45, 7) is 14.7. The van der Waals surface area contributed by atoms with Gasteiger partial charge in [-0.25, -0.2) is 9.78 Å². The van der Waals surface area contributed by atoms with Crippen LogP contribution in [-0.4, -0.2) is 92.3 Å². The minimum absolute atomic E-state index is 0.0855. The number of likely N-dealkylation sites (N-methyl/N-ethyl adjacent to an activating group) is 1. The molecule has 47 heavy (non-hydrogen) atoms. The molecule has 13 heteroatoms. The molecule has 3 amide bonds. The lowest BCUT2D eigenvalue weighted by Gasteiger charge is -2.33. The van der Waals surface area contributed by atoms with Crippen molar-refractivity contribution in [2.75, 3.05) is 41.8 Å². The van der Waals surface area contributed by atoms with E-state index in [1.807, 2.05) is 20.8 Å². The second-order valence-electron chi connectivity index (χ2n) is 10.4. The van der Waals surface area contributed by atoms with Gasteiger partial charge in [-0.1, -0.05) is 40.7 Å². The van der Waals surface area contributed by atoms with Crippen molar-refractivity contribution in [2.45, 2.75) is 85.8 Å². The lowest BCUT2D eigenvalue weighted by atomic mass is 9.96. The minimum atomic E-state index is -0.597. The van der Waals surface area contributed by atoms with Gasteiger partial charge in [-0.3, -0.25) is 19.2 Å². The van der Waals surface area contributed by atoms with Crippen LogP contribution in [0.1, 0.15) is 95.2 Å². The number of amides is 3. The predicted molar refractivity (Wildman–Crippen MR) is 189 cm³/mol. The van der Waals surface area contributed by atoms with Gasteiger partial charge in [0, 0.05) is 57.3 Å². The normalized spacial score (nSPS) is 10.6. The van der Waals surface area contributed by atoms with Crippen LogP contribution in [0.4, 0.5) is 0 Å². The third-order valence-corrected chi connectivity index (χ3v) is 6.57. The zero-order valence-corrected chi connectivity index (χ0v) is 31.0. The number of ether oxygens (including phenoxy) is 2. The topological polar surface area (TPSA) is 161 Å². The highest BCUT2D eigenvalue weighted by molar-refractivity contribution is 7.09. The first-order valence-corrected chi connectivity index (χ1v) is 15.9. The SMILES string of the molecule is C#C.C#CCC.C=C(C)C(=O)OC.CCCCC(=O)N(C)C(CC(OC(C)=O)c1nc(C(=O)NC)cs1)C(C)C.CN(C)CC(N)=O. The standard InChI is InChI=1S/C19H31N3O4S.C5H8O2.C4H10N2O.C4H6.C2H2/c1-7-8-9-17(24)22(6)15(12(2)3)10-16(26-13(4)23)19-21-14(11-27-19)18(25)20-5;1-4(2)5(6)7-3;1-6(2)3-4(5)7;1-3-4-2;1-2/h11-12,15-16H,7-10H2,1-6H3,(H,20,25);1H2,2-3H3;3H2,1-2H3,(H2,5,7);1H,4H2,2H3;1-2H. The summed E-state index contributed by atoms with van der Waals surface area (Å²) in [5.41, 5.74) is 5.54. The van der Waals surface area contributed by atoms with E-state index in [9.17, 15) is 24.0 Å². The number of hydrogen-bond acceptors (Lipinski definition) is 10. The molecule has 0 radical (unpaired) electrons. The molecule has 266 valence electrons. The van der Waals surface area contributed by atoms with Crippen LogP contribution in [0, 0.1) is 31.1 Å². The fourth-order valence-electron chi connectivity index (χ4n) is 3.34. The van der Waals surface area contributed by atoms with Crippen molar-refractivity contribution in [3.8, 4) is 25.2 Å². The van der Waals surface area contributed by atoms with Crippen LogP contribution < -0.4 is 11.1 Å². The summed E-state index contributed by atoms with van der Waals surface area (Å²) in [5.74, 6) is 1.36. The monoisotopic (exact) mass is 679 g/mol. The smallest absolute Gasteiger partial charge is 0.332 e. The molecule has 1 aromatic heterocycles. The highest BCUT2D eigenvalue weighted by Crippen LogP contribution is 2.30. The van der Waals surface area contributed by atoms with Crippen LogP contribution in [0.25, 0.3) is 0 Å². The maximum absolute atomic E-state index is 12.5. The predicted octanol–water partition coefficient (Wildman–Crippen LogP) is 4.22. The Hall–Kier alpha value is -4.20. The maximum Gasteiger partial charge on any atom is 0.332 e. The molecule has 0 saturated carbocycles. The molecule has 0 saturated heterocycles. The molecule has 1 aromatic rings. The van der Waals surface area contributed by atoms with Crippen molar-refractivity contribution >= 4 is 41.0 Å². The minimum Gasteiger partial charge on any atom is -0.466 e. The second kappa shape index (κ2) is 30.5. The van der Waals surface area contributed by atoms with Gasteiger partial charge in [0.05, 0.1) is 13.7 Å². The Morgan fingerprint density at radius 2 is 1.66 bits per heavy atom. The summed E-state index contributed by atoms with van der Waals surface area (Å²) in [7, 11) is 8.26. The van der Waals surface area contributed by atoms with Gasteiger partial charge in [-0.2, -0.15) is 0 Å². The maximum atomic E-state index is 12.5. The van der Waals surface area contributed by atoms with Crippen LogP contribution in [0.3, 0.4) is 0 Å². The molecule has 2 atom stereocenters. The highest BCUT2D eigenvalue weighted by Gasteiger charge is 2.30. The molecule has 1 heterocycles. The Morgan fingerprint density at radius 3 is 1.96 bits per heavy atom. The summed E-state index contributed by atoms with van der Waals surface area (Å²) in [6, 6.07) is -0.106. The van der Waals surface area contributed by atoms with Crippen LogP contribution in [0.2, 0.25) is 0 Å². The van der Waals surface area contributed by atoms with Crippen molar-refractivity contribution in [1.82, 2.24) is 20.1 Å². The third-order valence-electron chi connectivity index (χ3n) is 5.64. The molecule has 0 aliphatic rings. The van der Waals surface area contributed by atoms with Crippen LogP contribution in [0.15, 0.2) is 17.5 Å². The number of methoxy groups -OCH3 is 1. The first-order chi connectivity index (χ1) is 21.9. The van der Waals surface area contributed by atoms with E-state index in [2.05, 4.69) is 47.3 Å². The molecule has 0 aliphatic carbocycles. The van der Waals surface area contributed by atoms with Crippen molar-refractivity contribution in [2.24, 2.45) is 11.7 Å². The number of nitrogens with one attached hydrogen (secondary N) is 1. The lowest BCUT2D eigenvalue weighted by molar-refractivity contribution is -0.148. The zero-order valence-electron chi connectivity index (χ0n) is 30.2. The molecule has 1 rings (SSSR count). The summed E-state index contributed by atoms with van der Waals surface area (Å²) < 4.78 is 9.77. The highest BCUT2D eigenvalue weighted by atomic mass is 32.1. The first kappa shape index (κ1) is 49.7. The van der Waals surface area contributed by atoms with Gasteiger partial charge in [0.2, 0.25) is 11.8 Å². The fourth-order valence-corrected chi connectivity index (χ4v) is 4.18. The largest absolute Gasteiger partial charge is 0.466 e. The second-order valence-corrected chi connectivity index (χ2v) is 11.3. The summed E-state index contributed by atoms with van der Waals surface area (Å²) in [5, 5.41) is 4.73. The number of esters is 2. The molecule has 3 N–H and O–H groups in total. The zero-order chi connectivity index (χ0) is 37.7. The number of carbonyl (C=O) groups is 5. The average Bonchev–Trinajstić information content (AvgIpc) is 3.51. The Morgan fingerprint density at radius 1 is 1.13 bits per heavy atom. The number of rotatable bonds is 13. The number of primary amides is 1. The van der Waals surface area contributed by atoms with Gasteiger partial charge in [-0.05, 0) is 33.4 Å². The first-order valence-electron chi connectivity index (χ1n) is 15.0. The molecule has 0 aromatic carbocycles. The summed E-state index contributed by atoms with van der Waals surface area (Å²) in [4.78, 5) is 63.8. The van der Waals surface area contributed by atoms with Crippen molar-refractivity contribution in [3.63, 3.8) is 0 Å². The molecule has 0 bridgehead atoms. The van der Waals surface area contributed by atoms with Gasteiger partial charge < -0.3 is 30.3 Å². The van der Waals surface area contributed by atoms with E-state index in [-0.39, 0.29) is 35.7 Å². The Kier molecular flexibility index (Phi) is 32.2. The number of carbonyl (C=O) groups excluding carboxylic acids is 5. The number of nitrogens with two attached hydrogens (primary N) is 1. The Bertz CT molecular complexity index is 1140. The summed E-state index contributed by atoms with van der Waals surface area (Å²) >= 11 is 1.28. The van der Waals surface area contributed by atoms with Crippen molar-refractivity contribution < 1.29 is 33.4 Å². The molecule has 12 nitrogen and oxygen atoms in total. The molecule has 0 fully saturated rings. The van der Waals surface area contributed by atoms with E-state index in [1.165, 1.54) is 32.4 Å². The van der Waals surface area contributed by atoms with E-state index >= 15 is 0 Å². The van der Waals surface area contributed by atoms with E-state index in [1.54, 1.807) is 43.2 Å². The van der Waals surface area contributed by atoms with Gasteiger partial charge in [-0.15, -0.1) is 36.5 Å². The van der Waals surface area contributed by atoms with Crippen LogP contribution >= 0.6 is 11.3 Å². The van der Waals surface area contributed by atoms with Gasteiger partial charge in [0.1, 0.15) is 10.7 Å². The molecular formula is C34H57N5O7S. The Balaban J connectivity index is -0.000000375. The number of nitrogens with zero attached hydrogens (tertiary/aromatic N) is 3. The molecule has 2 unspecified atom stereocenters. The summed E-state index contributed by atoms with van der Waals surface area (Å²) in [6.07, 6.45) is 15.8. The molecule has 0 spiro atoms. The Labute approximate surface area is 286 Å². The number of thiazole rings is 1. The number of hydrogen-bond donors (Lipinski definition) is 2. The number of unbranched alkanes of at least 4 members (excludes halogenated alkanes) is 1. The molecule has 0 aliphatic heterocycles. The number of aromatic nitrogens is 1. The van der Waals surface area contributed by atoms with Crippen molar-refractivity contribution in [1.29, 1.82) is 0 Å². The third kappa shape index (κ3) is 26.7. The van der Waals surface area contributed by atoms with Gasteiger partial charge >= 0.3 is 11.9 Å². The van der Waals surface area contributed by atoms with E-state index in [0.717, 1.165) is 19.3 Å². The van der Waals surface area contributed by atoms with Crippen molar-refractivity contribution in [3.05, 3.63) is 28.2 Å². The van der Waals surface area contributed by atoms with E-state index in [4.69, 9.17) is 16.9 Å². The van der Waals surface area contributed by atoms with Crippen LogP contribution in [-0.2, 0) is 28.7 Å². The van der Waals surface area contributed by atoms with Crippen LogP contribution in [0.5, 0.6) is 0 Å². The average molecular weight is 680 g/mol.